The first-order valence-electron chi connectivity index (χ1n) is 4.79. The molecule has 0 nitrogen and oxygen atoms in total. The highest BCUT2D eigenvalue weighted by molar-refractivity contribution is 7.44. The second-order valence-corrected chi connectivity index (χ2v) is 12.1. The molecular formula is C9H17Cl2Si. The predicted octanol–water partition coefficient (Wildman–Crippen LogP) is 4.46. The lowest BCUT2D eigenvalue weighted by atomic mass is 9.88. The first kappa shape index (κ1) is 10.9. The standard InChI is InChI=1S/C9H17Cl2Si/c1-12(10,11)8-7-9-5-3-2-4-6-9/h2-8H2,1H3. The Balaban J connectivity index is 2.13. The number of halogens is 2. The fourth-order valence-corrected chi connectivity index (χ4v) is 3.06. The maximum atomic E-state index is 6.04. The molecular weight excluding hydrogens is 207 g/mol. The molecule has 71 valence electrons. The lowest BCUT2D eigenvalue weighted by Gasteiger charge is -2.22. The highest BCUT2D eigenvalue weighted by Gasteiger charge is 2.23. The molecule has 1 saturated carbocycles. The Morgan fingerprint density at radius 3 is 2.25 bits per heavy atom. The van der Waals surface area contributed by atoms with Crippen molar-refractivity contribution in [3.63, 3.8) is 0 Å². The highest BCUT2D eigenvalue weighted by Crippen LogP contribution is 2.33. The molecule has 1 aliphatic rings. The van der Waals surface area contributed by atoms with Gasteiger partial charge in [0.15, 0.2) is 0 Å². The van der Waals surface area contributed by atoms with Crippen molar-refractivity contribution in [2.24, 2.45) is 0 Å². The fraction of sp³-hybridized carbons (Fsp3) is 0.889. The zero-order valence-electron chi connectivity index (χ0n) is 7.71. The normalized spacial score (nSPS) is 21.2. The van der Waals surface area contributed by atoms with Gasteiger partial charge in [-0.15, -0.1) is 22.2 Å². The van der Waals surface area contributed by atoms with Crippen molar-refractivity contribution in [1.29, 1.82) is 0 Å². The molecule has 0 aromatic carbocycles. The molecule has 0 saturated heterocycles. The van der Waals surface area contributed by atoms with E-state index in [1.807, 2.05) is 6.55 Å². The van der Waals surface area contributed by atoms with Crippen LogP contribution in [0.1, 0.15) is 38.5 Å². The van der Waals surface area contributed by atoms with Crippen LogP contribution >= 0.6 is 22.2 Å². The largest absolute Gasteiger partial charge is 0.248 e. The van der Waals surface area contributed by atoms with E-state index in [4.69, 9.17) is 22.2 Å². The number of hydrogen-bond acceptors (Lipinski definition) is 0. The molecule has 0 aromatic rings. The van der Waals surface area contributed by atoms with E-state index in [9.17, 15) is 0 Å². The molecule has 1 fully saturated rings. The van der Waals surface area contributed by atoms with Gasteiger partial charge in [-0.1, -0.05) is 19.3 Å². The van der Waals surface area contributed by atoms with Gasteiger partial charge in [0, 0.05) is 0 Å². The van der Waals surface area contributed by atoms with Crippen LogP contribution in [0.3, 0.4) is 0 Å². The van der Waals surface area contributed by atoms with Gasteiger partial charge in [0.1, 0.15) is 0 Å². The zero-order chi connectivity index (χ0) is 9.03. The molecule has 1 aliphatic carbocycles. The molecule has 0 atom stereocenters. The van der Waals surface area contributed by atoms with Crippen molar-refractivity contribution >= 4 is 28.9 Å². The summed E-state index contributed by atoms with van der Waals surface area (Å²) in [6, 6.07) is 1.05. The molecule has 0 heterocycles. The van der Waals surface area contributed by atoms with E-state index in [2.05, 4.69) is 0 Å². The topological polar surface area (TPSA) is 0 Å². The molecule has 1 rings (SSSR count). The van der Waals surface area contributed by atoms with Crippen LogP contribution in [0.4, 0.5) is 0 Å². The van der Waals surface area contributed by atoms with Crippen LogP contribution in [-0.4, -0.2) is 6.69 Å². The summed E-state index contributed by atoms with van der Waals surface area (Å²) < 4.78 is 0. The van der Waals surface area contributed by atoms with E-state index < -0.39 is 6.69 Å². The second kappa shape index (κ2) is 4.87. The Hall–Kier alpha value is 0.797. The summed E-state index contributed by atoms with van der Waals surface area (Å²) in [6.45, 7) is 0.196. The minimum absolute atomic E-state index is 1.05. The molecule has 0 aliphatic heterocycles. The molecule has 12 heavy (non-hydrogen) atoms. The van der Waals surface area contributed by atoms with Gasteiger partial charge in [-0.25, -0.2) is 0 Å². The van der Waals surface area contributed by atoms with Crippen LogP contribution in [0, 0.1) is 5.92 Å². The van der Waals surface area contributed by atoms with Crippen molar-refractivity contribution in [3.05, 3.63) is 5.92 Å². The van der Waals surface area contributed by atoms with E-state index in [1.54, 1.807) is 5.92 Å². The summed E-state index contributed by atoms with van der Waals surface area (Å²) in [5.74, 6) is 1.71. The van der Waals surface area contributed by atoms with Gasteiger partial charge in [0.2, 0.25) is 6.69 Å². The lowest BCUT2D eigenvalue weighted by Crippen LogP contribution is -2.15. The average molecular weight is 224 g/mol. The quantitative estimate of drug-likeness (QED) is 0.490. The third kappa shape index (κ3) is 4.73. The smallest absolute Gasteiger partial charge is 0.146 e. The highest BCUT2D eigenvalue weighted by atomic mass is 35.7. The van der Waals surface area contributed by atoms with E-state index >= 15 is 0 Å². The molecule has 0 spiro atoms. The van der Waals surface area contributed by atoms with Crippen molar-refractivity contribution in [2.75, 3.05) is 0 Å². The summed E-state index contributed by atoms with van der Waals surface area (Å²) in [5.41, 5.74) is 0. The van der Waals surface area contributed by atoms with Gasteiger partial charge in [0.05, 0.1) is 0 Å². The SMILES string of the molecule is C[Si](Cl)(Cl)CC[C]1CCCCC1. The fourth-order valence-electron chi connectivity index (χ4n) is 1.70. The van der Waals surface area contributed by atoms with E-state index in [1.165, 1.54) is 38.5 Å². The minimum Gasteiger partial charge on any atom is -0.146 e. The summed E-state index contributed by atoms with van der Waals surface area (Å²) in [5, 5.41) is 0. The Kier molecular flexibility index (Phi) is 4.42. The van der Waals surface area contributed by atoms with Crippen molar-refractivity contribution in [1.82, 2.24) is 0 Å². The van der Waals surface area contributed by atoms with Gasteiger partial charge in [-0.05, 0) is 37.8 Å². The molecule has 0 bridgehead atoms. The van der Waals surface area contributed by atoms with E-state index in [0.29, 0.717) is 0 Å². The van der Waals surface area contributed by atoms with Crippen molar-refractivity contribution in [3.8, 4) is 0 Å². The van der Waals surface area contributed by atoms with Crippen LogP contribution in [-0.2, 0) is 0 Å². The first-order valence-corrected chi connectivity index (χ1v) is 9.52. The number of rotatable bonds is 3. The number of hydrogen-bond donors (Lipinski definition) is 0. The average Bonchev–Trinajstić information content (AvgIpc) is 2.02. The van der Waals surface area contributed by atoms with Crippen molar-refractivity contribution in [2.45, 2.75) is 51.1 Å². The van der Waals surface area contributed by atoms with Crippen LogP contribution in [0.5, 0.6) is 0 Å². The molecule has 0 N–H and O–H groups in total. The van der Waals surface area contributed by atoms with Gasteiger partial charge in [0.25, 0.3) is 0 Å². The summed E-state index contributed by atoms with van der Waals surface area (Å²) >= 11 is 12.1. The molecule has 0 aromatic heterocycles. The Labute approximate surface area is 86.1 Å². The summed E-state index contributed by atoms with van der Waals surface area (Å²) in [7, 11) is 0. The lowest BCUT2D eigenvalue weighted by molar-refractivity contribution is 0.514. The minimum atomic E-state index is -1.82. The molecule has 1 radical (unpaired) electrons. The summed E-state index contributed by atoms with van der Waals surface area (Å²) in [6.07, 6.45) is 8.04. The zero-order valence-corrected chi connectivity index (χ0v) is 10.2. The Morgan fingerprint density at radius 1 is 1.17 bits per heavy atom. The Morgan fingerprint density at radius 2 is 1.75 bits per heavy atom. The van der Waals surface area contributed by atoms with Gasteiger partial charge in [-0.2, -0.15) is 0 Å². The van der Waals surface area contributed by atoms with Crippen LogP contribution in [0.25, 0.3) is 0 Å². The second-order valence-electron chi connectivity index (χ2n) is 3.88. The van der Waals surface area contributed by atoms with Crippen LogP contribution < -0.4 is 0 Å². The first-order chi connectivity index (χ1) is 5.58. The molecule has 0 unspecified atom stereocenters. The third-order valence-corrected chi connectivity index (χ3v) is 4.74. The Bertz CT molecular complexity index is 125. The third-order valence-electron chi connectivity index (χ3n) is 2.48. The van der Waals surface area contributed by atoms with Gasteiger partial charge < -0.3 is 0 Å². The van der Waals surface area contributed by atoms with Crippen LogP contribution in [0.2, 0.25) is 12.6 Å². The van der Waals surface area contributed by atoms with E-state index in [0.717, 1.165) is 6.04 Å². The van der Waals surface area contributed by atoms with Gasteiger partial charge >= 0.3 is 0 Å². The summed E-state index contributed by atoms with van der Waals surface area (Å²) in [4.78, 5) is 0. The van der Waals surface area contributed by atoms with Crippen molar-refractivity contribution < 1.29 is 0 Å². The maximum Gasteiger partial charge on any atom is 0.248 e. The van der Waals surface area contributed by atoms with E-state index in [-0.39, 0.29) is 0 Å². The molecule has 3 heteroatoms. The predicted molar refractivity (Wildman–Crippen MR) is 59.1 cm³/mol. The van der Waals surface area contributed by atoms with Gasteiger partial charge in [-0.3, -0.25) is 0 Å². The van der Waals surface area contributed by atoms with Crippen LogP contribution in [0.15, 0.2) is 0 Å². The maximum absolute atomic E-state index is 6.04. The monoisotopic (exact) mass is 223 g/mol. The molecule has 0 amide bonds.